The van der Waals surface area contributed by atoms with Crippen LogP contribution in [0.5, 0.6) is 0 Å². The summed E-state index contributed by atoms with van der Waals surface area (Å²) in [6.07, 6.45) is -14.9. The van der Waals surface area contributed by atoms with Gasteiger partial charge >= 0.3 is 12.4 Å². The second-order valence-electron chi connectivity index (χ2n) is 3.94. The molecule has 0 atom stereocenters. The molecule has 0 bridgehead atoms. The van der Waals surface area contributed by atoms with E-state index in [2.05, 4.69) is 16.6 Å². The van der Waals surface area contributed by atoms with Gasteiger partial charge in [-0.05, 0) is 11.6 Å². The van der Waals surface area contributed by atoms with Crippen LogP contribution in [0.4, 0.5) is 26.3 Å². The Morgan fingerprint density at radius 1 is 1.05 bits per heavy atom. The zero-order valence-corrected chi connectivity index (χ0v) is 10.6. The van der Waals surface area contributed by atoms with E-state index in [9.17, 15) is 26.3 Å². The maximum absolute atomic E-state index is 12.3. The fraction of sp³-hybridized carbons (Fsp3) is 0.385. The van der Waals surface area contributed by atoms with Crippen molar-refractivity contribution in [2.45, 2.75) is 25.1 Å². The fourth-order valence-corrected chi connectivity index (χ4v) is 1.46. The lowest BCUT2D eigenvalue weighted by Gasteiger charge is -2.23. The first kappa shape index (κ1) is 17.3. The van der Waals surface area contributed by atoms with Crippen molar-refractivity contribution in [2.75, 3.05) is 6.54 Å². The highest BCUT2D eigenvalue weighted by molar-refractivity contribution is 5.41. The first-order valence-corrected chi connectivity index (χ1v) is 5.68. The Morgan fingerprint density at radius 3 is 2.14 bits per heavy atom. The molecule has 1 rings (SSSR count). The van der Waals surface area contributed by atoms with E-state index in [0.29, 0.717) is 0 Å². The van der Waals surface area contributed by atoms with Gasteiger partial charge in [0.25, 0.3) is 0 Å². The molecule has 1 aromatic rings. The van der Waals surface area contributed by atoms with E-state index in [-0.39, 0.29) is 17.7 Å². The van der Waals surface area contributed by atoms with Crippen LogP contribution in [0.3, 0.4) is 0 Å². The molecule has 116 valence electrons. The molecule has 1 aromatic carbocycles. The molecule has 0 heterocycles. The van der Waals surface area contributed by atoms with Crippen LogP contribution < -0.4 is 5.73 Å². The van der Waals surface area contributed by atoms with Gasteiger partial charge in [0, 0.05) is 5.56 Å². The Bertz CT molecular complexity index is 512. The Morgan fingerprint density at radius 2 is 1.62 bits per heavy atom. The van der Waals surface area contributed by atoms with Crippen molar-refractivity contribution in [1.82, 2.24) is 0 Å². The highest BCUT2D eigenvalue weighted by Crippen LogP contribution is 2.36. The second kappa shape index (κ2) is 6.83. The third-order valence-corrected chi connectivity index (χ3v) is 2.34. The van der Waals surface area contributed by atoms with Crippen molar-refractivity contribution in [3.63, 3.8) is 0 Å². The van der Waals surface area contributed by atoms with Gasteiger partial charge in [0.15, 0.2) is 0 Å². The third-order valence-electron chi connectivity index (χ3n) is 2.34. The van der Waals surface area contributed by atoms with Crippen molar-refractivity contribution in [3.8, 4) is 11.8 Å². The Balaban J connectivity index is 2.92. The molecule has 2 N–H and O–H groups in total. The first-order chi connectivity index (χ1) is 9.66. The summed E-state index contributed by atoms with van der Waals surface area (Å²) in [6, 6.07) is 5.80. The lowest BCUT2D eigenvalue weighted by Crippen LogP contribution is -2.44. The molecule has 0 spiro atoms. The zero-order valence-electron chi connectivity index (χ0n) is 10.6. The molecule has 0 radical (unpaired) electrons. The van der Waals surface area contributed by atoms with Gasteiger partial charge in [0.1, 0.15) is 0 Å². The Kier molecular flexibility index (Phi) is 5.63. The van der Waals surface area contributed by atoms with Crippen LogP contribution in [0.1, 0.15) is 11.1 Å². The molecule has 0 fully saturated rings. The lowest BCUT2D eigenvalue weighted by atomic mass is 10.1. The molecule has 0 aromatic heterocycles. The summed E-state index contributed by atoms with van der Waals surface area (Å²) in [5.41, 5.74) is 5.55. The average Bonchev–Trinajstić information content (AvgIpc) is 2.34. The molecule has 0 aliphatic rings. The maximum atomic E-state index is 12.3. The molecule has 2 nitrogen and oxygen atoms in total. The molecule has 21 heavy (non-hydrogen) atoms. The Hall–Kier alpha value is -1.72. The van der Waals surface area contributed by atoms with Crippen LogP contribution in [-0.2, 0) is 11.3 Å². The van der Waals surface area contributed by atoms with Gasteiger partial charge in [-0.15, -0.1) is 0 Å². The maximum Gasteiger partial charge on any atom is 0.423 e. The highest BCUT2D eigenvalue weighted by Gasteiger charge is 2.57. The first-order valence-electron chi connectivity index (χ1n) is 5.68. The van der Waals surface area contributed by atoms with E-state index in [4.69, 9.17) is 5.73 Å². The molecule has 0 saturated carbocycles. The average molecular weight is 311 g/mol. The fourth-order valence-electron chi connectivity index (χ4n) is 1.46. The van der Waals surface area contributed by atoms with Crippen LogP contribution in [0, 0.1) is 11.8 Å². The zero-order chi connectivity index (χ0) is 16.1. The van der Waals surface area contributed by atoms with Crippen LogP contribution in [-0.4, -0.2) is 25.0 Å². The van der Waals surface area contributed by atoms with Gasteiger partial charge in [-0.25, -0.2) is 0 Å². The van der Waals surface area contributed by atoms with E-state index >= 15 is 0 Å². The van der Waals surface area contributed by atoms with E-state index in [1.807, 2.05) is 0 Å². The van der Waals surface area contributed by atoms with Gasteiger partial charge < -0.3 is 10.5 Å². The number of halogens is 6. The van der Waals surface area contributed by atoms with Crippen molar-refractivity contribution in [2.24, 2.45) is 5.73 Å². The molecule has 0 saturated heterocycles. The summed E-state index contributed by atoms with van der Waals surface area (Å²) in [4.78, 5) is 0. The molecule has 0 aliphatic carbocycles. The molecule has 0 unspecified atom stereocenters. The van der Waals surface area contributed by atoms with Crippen molar-refractivity contribution in [3.05, 3.63) is 35.4 Å². The second-order valence-corrected chi connectivity index (χ2v) is 3.94. The minimum Gasteiger partial charge on any atom is -0.356 e. The van der Waals surface area contributed by atoms with Crippen molar-refractivity contribution in [1.29, 1.82) is 0 Å². The normalized spacial score (nSPS) is 12.2. The van der Waals surface area contributed by atoms with Gasteiger partial charge in [-0.2, -0.15) is 26.3 Å². The number of nitrogens with two attached hydrogens (primary N) is 1. The van der Waals surface area contributed by atoms with Gasteiger partial charge in [-0.1, -0.05) is 30.0 Å². The van der Waals surface area contributed by atoms with Crippen molar-refractivity contribution >= 4 is 0 Å². The SMILES string of the molecule is NCC#Cc1ccccc1COC(C(F)(F)F)C(F)(F)F. The van der Waals surface area contributed by atoms with Crippen molar-refractivity contribution < 1.29 is 31.1 Å². The molecule has 8 heteroatoms. The van der Waals surface area contributed by atoms with Gasteiger partial charge in [0.2, 0.25) is 6.10 Å². The number of ether oxygens (including phenoxy) is 1. The van der Waals surface area contributed by atoms with E-state index < -0.39 is 25.1 Å². The standard InChI is InChI=1S/C13H11F6NO/c14-12(15,16)11(13(17,18)19)21-8-10-5-2-1-4-9(10)6-3-7-20/h1-2,4-5,11H,7-8,20H2. The summed E-state index contributed by atoms with van der Waals surface area (Å²) in [6.45, 7) is -0.845. The number of hydrogen-bond donors (Lipinski definition) is 1. The summed E-state index contributed by atoms with van der Waals surface area (Å²) in [5.74, 6) is 5.03. The summed E-state index contributed by atoms with van der Waals surface area (Å²) < 4.78 is 78.0. The lowest BCUT2D eigenvalue weighted by molar-refractivity contribution is -0.324. The molecular formula is C13H11F6NO. The predicted octanol–water partition coefficient (Wildman–Crippen LogP) is 3.01. The topological polar surface area (TPSA) is 35.2 Å². The monoisotopic (exact) mass is 311 g/mol. The van der Waals surface area contributed by atoms with Gasteiger partial charge in [-0.3, -0.25) is 0 Å². The third kappa shape index (κ3) is 5.28. The molecular weight excluding hydrogens is 300 g/mol. The predicted molar refractivity (Wildman–Crippen MR) is 63.1 cm³/mol. The largest absolute Gasteiger partial charge is 0.423 e. The minimum absolute atomic E-state index is 0.0168. The summed E-state index contributed by atoms with van der Waals surface area (Å²) in [5, 5.41) is 0. The number of alkyl halides is 6. The quantitative estimate of drug-likeness (QED) is 0.688. The molecule has 0 aliphatic heterocycles. The summed E-state index contributed by atoms with van der Waals surface area (Å²) >= 11 is 0. The molecule has 0 amide bonds. The number of benzene rings is 1. The van der Waals surface area contributed by atoms with Crippen LogP contribution in [0.15, 0.2) is 24.3 Å². The van der Waals surface area contributed by atoms with Crippen LogP contribution >= 0.6 is 0 Å². The van der Waals surface area contributed by atoms with E-state index in [1.54, 1.807) is 6.07 Å². The minimum atomic E-state index is -5.53. The van der Waals surface area contributed by atoms with Crippen LogP contribution in [0.2, 0.25) is 0 Å². The Labute approximate surface area is 116 Å². The highest BCUT2D eigenvalue weighted by atomic mass is 19.4. The smallest absolute Gasteiger partial charge is 0.356 e. The number of hydrogen-bond acceptors (Lipinski definition) is 2. The van der Waals surface area contributed by atoms with Gasteiger partial charge in [0.05, 0.1) is 13.2 Å². The summed E-state index contributed by atoms with van der Waals surface area (Å²) in [7, 11) is 0. The number of rotatable bonds is 3. The van der Waals surface area contributed by atoms with Crippen LogP contribution in [0.25, 0.3) is 0 Å². The van der Waals surface area contributed by atoms with E-state index in [1.165, 1.54) is 18.2 Å². The van der Waals surface area contributed by atoms with E-state index in [0.717, 1.165) is 0 Å².